The molecule has 1 aliphatic rings. The molecule has 1 aliphatic heterocycles. The summed E-state index contributed by atoms with van der Waals surface area (Å²) >= 11 is 3.43. The van der Waals surface area contributed by atoms with Crippen molar-refractivity contribution < 1.29 is 4.74 Å². The van der Waals surface area contributed by atoms with Crippen LogP contribution in [0.15, 0.2) is 28.7 Å². The van der Waals surface area contributed by atoms with Crippen LogP contribution in [0.2, 0.25) is 0 Å². The van der Waals surface area contributed by atoms with Gasteiger partial charge < -0.3 is 4.74 Å². The largest absolute Gasteiger partial charge is 0.357 e. The van der Waals surface area contributed by atoms with Gasteiger partial charge in [-0.25, -0.2) is 0 Å². The van der Waals surface area contributed by atoms with Gasteiger partial charge in [-0.15, -0.1) is 0 Å². The number of ether oxygens (including phenoxy) is 1. The molecule has 1 saturated heterocycles. The van der Waals surface area contributed by atoms with Gasteiger partial charge in [0.2, 0.25) is 0 Å². The van der Waals surface area contributed by atoms with E-state index in [1.54, 1.807) is 0 Å². The Morgan fingerprint density at radius 3 is 2.64 bits per heavy atom. The Kier molecular flexibility index (Phi) is 2.91. The maximum Gasteiger partial charge on any atom is 0.142 e. The Balaban J connectivity index is 2.23. The molecular weight excluding hydrogens is 242 g/mol. The number of rotatable bonds is 1. The average molecular weight is 256 g/mol. The Morgan fingerprint density at radius 1 is 1.36 bits per heavy atom. The van der Waals surface area contributed by atoms with Crippen LogP contribution in [0.1, 0.15) is 18.9 Å². The van der Waals surface area contributed by atoms with Crippen molar-refractivity contribution in [3.8, 4) is 0 Å². The molecular formula is C11H14BrNO. The minimum absolute atomic E-state index is 0.307. The molecule has 76 valence electrons. The highest BCUT2D eigenvalue weighted by Crippen LogP contribution is 2.26. The van der Waals surface area contributed by atoms with Crippen LogP contribution in [-0.4, -0.2) is 13.2 Å². The predicted molar refractivity (Wildman–Crippen MR) is 60.1 cm³/mol. The lowest BCUT2D eigenvalue weighted by Gasteiger charge is -2.35. The zero-order valence-electron chi connectivity index (χ0n) is 8.22. The zero-order chi connectivity index (χ0) is 10.0. The zero-order valence-corrected chi connectivity index (χ0v) is 9.80. The summed E-state index contributed by atoms with van der Waals surface area (Å²) in [4.78, 5) is 0. The smallest absolute Gasteiger partial charge is 0.142 e. The molecule has 1 atom stereocenters. The molecule has 1 heterocycles. The highest BCUT2D eigenvalue weighted by Gasteiger charge is 2.28. The van der Waals surface area contributed by atoms with E-state index in [4.69, 9.17) is 4.74 Å². The SMILES string of the molecule is CC1(c2ccc(Br)cc2)NCCCO1. The number of halogens is 1. The highest BCUT2D eigenvalue weighted by molar-refractivity contribution is 9.10. The third-order valence-electron chi connectivity index (χ3n) is 2.57. The van der Waals surface area contributed by atoms with Gasteiger partial charge >= 0.3 is 0 Å². The summed E-state index contributed by atoms with van der Waals surface area (Å²) in [5.41, 5.74) is 0.874. The second kappa shape index (κ2) is 4.01. The molecule has 1 unspecified atom stereocenters. The fourth-order valence-corrected chi connectivity index (χ4v) is 1.94. The van der Waals surface area contributed by atoms with Gasteiger partial charge in [-0.05, 0) is 31.0 Å². The van der Waals surface area contributed by atoms with Crippen LogP contribution >= 0.6 is 15.9 Å². The summed E-state index contributed by atoms with van der Waals surface area (Å²) in [5, 5.41) is 3.39. The molecule has 14 heavy (non-hydrogen) atoms. The predicted octanol–water partition coefficient (Wildman–Crippen LogP) is 2.63. The monoisotopic (exact) mass is 255 g/mol. The van der Waals surface area contributed by atoms with Crippen molar-refractivity contribution in [3.63, 3.8) is 0 Å². The first kappa shape index (κ1) is 10.1. The fourth-order valence-electron chi connectivity index (χ4n) is 1.68. The van der Waals surface area contributed by atoms with Crippen LogP contribution in [0, 0.1) is 0 Å². The molecule has 1 aromatic carbocycles. The van der Waals surface area contributed by atoms with Crippen LogP contribution in [-0.2, 0) is 10.5 Å². The lowest BCUT2D eigenvalue weighted by Crippen LogP contribution is -2.46. The molecule has 2 rings (SSSR count). The van der Waals surface area contributed by atoms with Crippen molar-refractivity contribution >= 4 is 15.9 Å². The first-order valence-electron chi connectivity index (χ1n) is 4.86. The Hall–Kier alpha value is -0.380. The van der Waals surface area contributed by atoms with Crippen molar-refractivity contribution in [2.24, 2.45) is 0 Å². The van der Waals surface area contributed by atoms with Crippen molar-refractivity contribution in [3.05, 3.63) is 34.3 Å². The Bertz CT molecular complexity index is 304. The van der Waals surface area contributed by atoms with E-state index in [0.717, 1.165) is 24.0 Å². The van der Waals surface area contributed by atoms with Crippen molar-refractivity contribution in [1.29, 1.82) is 0 Å². The van der Waals surface area contributed by atoms with Gasteiger partial charge in [-0.2, -0.15) is 0 Å². The number of nitrogens with one attached hydrogen (secondary N) is 1. The fraction of sp³-hybridized carbons (Fsp3) is 0.455. The molecule has 0 spiro atoms. The molecule has 0 bridgehead atoms. The average Bonchev–Trinajstić information content (AvgIpc) is 2.19. The first-order chi connectivity index (χ1) is 6.71. The quantitative estimate of drug-likeness (QED) is 0.834. The van der Waals surface area contributed by atoms with E-state index in [2.05, 4.69) is 40.3 Å². The van der Waals surface area contributed by atoms with E-state index in [1.807, 2.05) is 12.1 Å². The molecule has 2 nitrogen and oxygen atoms in total. The van der Waals surface area contributed by atoms with E-state index in [0.29, 0.717) is 0 Å². The van der Waals surface area contributed by atoms with Gasteiger partial charge in [0.25, 0.3) is 0 Å². The van der Waals surface area contributed by atoms with E-state index in [1.165, 1.54) is 5.56 Å². The Morgan fingerprint density at radius 2 is 2.07 bits per heavy atom. The highest BCUT2D eigenvalue weighted by atomic mass is 79.9. The van der Waals surface area contributed by atoms with Crippen molar-refractivity contribution in [1.82, 2.24) is 5.32 Å². The van der Waals surface area contributed by atoms with Crippen molar-refractivity contribution in [2.75, 3.05) is 13.2 Å². The van der Waals surface area contributed by atoms with Gasteiger partial charge in [0.15, 0.2) is 0 Å². The summed E-state index contributed by atoms with van der Waals surface area (Å²) in [7, 11) is 0. The molecule has 3 heteroatoms. The minimum Gasteiger partial charge on any atom is -0.357 e. The minimum atomic E-state index is -0.307. The summed E-state index contributed by atoms with van der Waals surface area (Å²) in [6.07, 6.45) is 1.09. The Labute approximate surface area is 92.8 Å². The van der Waals surface area contributed by atoms with Crippen LogP contribution in [0.25, 0.3) is 0 Å². The summed E-state index contributed by atoms with van der Waals surface area (Å²) < 4.78 is 6.86. The second-order valence-electron chi connectivity index (χ2n) is 3.67. The summed E-state index contributed by atoms with van der Waals surface area (Å²) in [5.74, 6) is 0. The molecule has 0 amide bonds. The number of hydrogen-bond donors (Lipinski definition) is 1. The van der Waals surface area contributed by atoms with E-state index < -0.39 is 0 Å². The third kappa shape index (κ3) is 2.00. The number of hydrogen-bond acceptors (Lipinski definition) is 2. The van der Waals surface area contributed by atoms with Gasteiger partial charge in [-0.3, -0.25) is 5.32 Å². The lowest BCUT2D eigenvalue weighted by atomic mass is 10.0. The normalized spacial score (nSPS) is 27.6. The van der Waals surface area contributed by atoms with Gasteiger partial charge in [0, 0.05) is 11.0 Å². The molecule has 0 aliphatic carbocycles. The van der Waals surface area contributed by atoms with Crippen LogP contribution < -0.4 is 5.32 Å². The van der Waals surface area contributed by atoms with Crippen LogP contribution in [0.4, 0.5) is 0 Å². The van der Waals surface area contributed by atoms with Crippen molar-refractivity contribution in [2.45, 2.75) is 19.1 Å². The molecule has 0 saturated carbocycles. The standard InChI is InChI=1S/C11H14BrNO/c1-11(13-7-2-8-14-11)9-3-5-10(12)6-4-9/h3-6,13H,2,7-8H2,1H3. The maximum atomic E-state index is 5.76. The first-order valence-corrected chi connectivity index (χ1v) is 5.65. The van der Waals surface area contributed by atoms with E-state index >= 15 is 0 Å². The molecule has 1 fully saturated rings. The summed E-state index contributed by atoms with van der Waals surface area (Å²) in [6, 6.07) is 8.26. The van der Waals surface area contributed by atoms with Crippen LogP contribution in [0.3, 0.4) is 0 Å². The van der Waals surface area contributed by atoms with E-state index in [9.17, 15) is 0 Å². The molecule has 0 radical (unpaired) electrons. The van der Waals surface area contributed by atoms with Crippen LogP contribution in [0.5, 0.6) is 0 Å². The molecule has 1 aromatic rings. The summed E-state index contributed by atoms with van der Waals surface area (Å²) in [6.45, 7) is 3.93. The lowest BCUT2D eigenvalue weighted by molar-refractivity contribution is -0.0875. The molecule has 0 aromatic heterocycles. The van der Waals surface area contributed by atoms with E-state index in [-0.39, 0.29) is 5.72 Å². The topological polar surface area (TPSA) is 21.3 Å². The number of benzene rings is 1. The van der Waals surface area contributed by atoms with Gasteiger partial charge in [0.05, 0.1) is 6.61 Å². The van der Waals surface area contributed by atoms with Gasteiger partial charge in [0.1, 0.15) is 5.72 Å². The van der Waals surface area contributed by atoms with Gasteiger partial charge in [-0.1, -0.05) is 28.1 Å². The third-order valence-corrected chi connectivity index (χ3v) is 3.10. The molecule has 1 N–H and O–H groups in total. The maximum absolute atomic E-state index is 5.76. The second-order valence-corrected chi connectivity index (χ2v) is 4.58.